The molecule has 7 rings (SSSR count). The second-order valence-corrected chi connectivity index (χ2v) is 9.35. The molecule has 4 fully saturated rings. The number of nitrogens with zero attached hydrogens (tertiary/aromatic N) is 1. The van der Waals surface area contributed by atoms with Crippen LogP contribution < -0.4 is 9.47 Å². The maximum Gasteiger partial charge on any atom is 0.163 e. The van der Waals surface area contributed by atoms with E-state index in [-0.39, 0.29) is 5.41 Å². The second-order valence-electron chi connectivity index (χ2n) is 9.35. The smallest absolute Gasteiger partial charge is 0.163 e. The average molecular weight is 375 g/mol. The van der Waals surface area contributed by atoms with Crippen molar-refractivity contribution in [3.63, 3.8) is 0 Å². The van der Waals surface area contributed by atoms with Crippen LogP contribution in [0.25, 0.3) is 17.0 Å². The normalized spacial score (nSPS) is 32.9. The lowest BCUT2D eigenvalue weighted by Crippen LogP contribution is -2.49. The standard InChI is InChI=1S/C24H25NO3/c26-23(24-11-16-5-17(12-24)7-18(6-16)13-24)2-1-15-8-19-9-21-22(28-4-3-27-21)10-20(19)25-14-15/h1-2,8-10,14,16-18H,3-7,11-13H2. The first kappa shape index (κ1) is 16.6. The van der Waals surface area contributed by atoms with Crippen molar-refractivity contribution in [3.8, 4) is 11.5 Å². The number of aromatic nitrogens is 1. The average Bonchev–Trinajstić information content (AvgIpc) is 2.69. The van der Waals surface area contributed by atoms with Gasteiger partial charge in [0.2, 0.25) is 0 Å². The molecule has 1 aromatic heterocycles. The Bertz CT molecular complexity index is 957. The van der Waals surface area contributed by atoms with E-state index in [0.717, 1.165) is 65.0 Å². The van der Waals surface area contributed by atoms with Gasteiger partial charge in [-0.1, -0.05) is 0 Å². The number of benzene rings is 1. The summed E-state index contributed by atoms with van der Waals surface area (Å²) in [6.07, 6.45) is 13.0. The van der Waals surface area contributed by atoms with Crippen LogP contribution in [0.5, 0.6) is 11.5 Å². The third-order valence-electron chi connectivity index (χ3n) is 7.35. The number of fused-ring (bicyclic) bond motifs is 2. The summed E-state index contributed by atoms with van der Waals surface area (Å²) in [6.45, 7) is 1.15. The van der Waals surface area contributed by atoms with Gasteiger partial charge in [0.1, 0.15) is 13.2 Å². The Morgan fingerprint density at radius 3 is 2.29 bits per heavy atom. The summed E-state index contributed by atoms with van der Waals surface area (Å²) < 4.78 is 11.3. The Hall–Kier alpha value is -2.36. The van der Waals surface area contributed by atoms with Gasteiger partial charge in [-0.05, 0) is 86.1 Å². The van der Waals surface area contributed by atoms with E-state index < -0.39 is 0 Å². The molecule has 4 heteroatoms. The molecule has 28 heavy (non-hydrogen) atoms. The Labute approximate surface area is 164 Å². The van der Waals surface area contributed by atoms with Crippen LogP contribution in [0.2, 0.25) is 0 Å². The van der Waals surface area contributed by atoms with E-state index in [0.29, 0.717) is 19.0 Å². The molecule has 4 bridgehead atoms. The zero-order chi connectivity index (χ0) is 18.7. The van der Waals surface area contributed by atoms with Crippen LogP contribution in [0.3, 0.4) is 0 Å². The summed E-state index contributed by atoms with van der Waals surface area (Å²) in [5.74, 6) is 4.24. The third-order valence-corrected chi connectivity index (χ3v) is 7.35. The molecule has 4 nitrogen and oxygen atoms in total. The van der Waals surface area contributed by atoms with E-state index in [1.807, 2.05) is 30.5 Å². The zero-order valence-electron chi connectivity index (χ0n) is 16.0. The van der Waals surface area contributed by atoms with Crippen molar-refractivity contribution in [3.05, 3.63) is 36.0 Å². The fraction of sp³-hybridized carbons (Fsp3) is 0.500. The van der Waals surface area contributed by atoms with E-state index in [2.05, 4.69) is 11.1 Å². The van der Waals surface area contributed by atoms with E-state index in [4.69, 9.17) is 9.47 Å². The predicted octanol–water partition coefficient (Wildman–Crippen LogP) is 4.80. The Morgan fingerprint density at radius 2 is 1.61 bits per heavy atom. The Balaban J connectivity index is 1.27. The van der Waals surface area contributed by atoms with Gasteiger partial charge < -0.3 is 9.47 Å². The molecule has 0 unspecified atom stereocenters. The highest BCUT2D eigenvalue weighted by atomic mass is 16.6. The summed E-state index contributed by atoms with van der Waals surface area (Å²) in [5, 5.41) is 1.01. The van der Waals surface area contributed by atoms with E-state index in [1.165, 1.54) is 19.3 Å². The number of rotatable bonds is 3. The monoisotopic (exact) mass is 375 g/mol. The zero-order valence-corrected chi connectivity index (χ0v) is 16.0. The largest absolute Gasteiger partial charge is 0.486 e. The maximum atomic E-state index is 13.2. The van der Waals surface area contributed by atoms with Crippen LogP contribution in [0.1, 0.15) is 44.1 Å². The van der Waals surface area contributed by atoms with Crippen LogP contribution in [0.15, 0.2) is 30.5 Å². The van der Waals surface area contributed by atoms with E-state index in [9.17, 15) is 4.79 Å². The maximum absolute atomic E-state index is 13.2. The number of carbonyl (C=O) groups is 1. The summed E-state index contributed by atoms with van der Waals surface area (Å²) in [7, 11) is 0. The molecule has 144 valence electrons. The van der Waals surface area contributed by atoms with Crippen molar-refractivity contribution in [1.82, 2.24) is 4.98 Å². The first-order chi connectivity index (χ1) is 13.7. The van der Waals surface area contributed by atoms with Gasteiger partial charge in [0.15, 0.2) is 17.3 Å². The van der Waals surface area contributed by atoms with Crippen molar-refractivity contribution in [2.75, 3.05) is 13.2 Å². The van der Waals surface area contributed by atoms with E-state index in [1.54, 1.807) is 0 Å². The molecule has 0 N–H and O–H groups in total. The van der Waals surface area contributed by atoms with Gasteiger partial charge in [0.25, 0.3) is 0 Å². The molecular formula is C24H25NO3. The molecule has 4 saturated carbocycles. The molecular weight excluding hydrogens is 350 g/mol. The lowest BCUT2D eigenvalue weighted by molar-refractivity contribution is -0.138. The number of hydrogen-bond acceptors (Lipinski definition) is 4. The molecule has 0 radical (unpaired) electrons. The molecule has 2 heterocycles. The Kier molecular flexibility index (Phi) is 3.59. The summed E-state index contributed by atoms with van der Waals surface area (Å²) in [6, 6.07) is 5.98. The topological polar surface area (TPSA) is 48.4 Å². The predicted molar refractivity (Wildman–Crippen MR) is 107 cm³/mol. The highest BCUT2D eigenvalue weighted by Crippen LogP contribution is 2.60. The van der Waals surface area contributed by atoms with Crippen molar-refractivity contribution >= 4 is 22.8 Å². The molecule has 5 aliphatic rings. The molecule has 1 aromatic carbocycles. The van der Waals surface area contributed by atoms with Gasteiger partial charge in [-0.25, -0.2) is 0 Å². The molecule has 0 spiro atoms. The summed E-state index contributed by atoms with van der Waals surface area (Å²) >= 11 is 0. The molecule has 0 saturated heterocycles. The van der Waals surface area contributed by atoms with Crippen molar-refractivity contribution in [2.24, 2.45) is 23.2 Å². The highest BCUT2D eigenvalue weighted by molar-refractivity contribution is 5.98. The van der Waals surface area contributed by atoms with Gasteiger partial charge in [-0.2, -0.15) is 0 Å². The van der Waals surface area contributed by atoms with E-state index >= 15 is 0 Å². The van der Waals surface area contributed by atoms with Gasteiger partial charge in [0.05, 0.1) is 5.52 Å². The number of hydrogen-bond donors (Lipinski definition) is 0. The number of ketones is 1. The van der Waals surface area contributed by atoms with Gasteiger partial charge in [-0.3, -0.25) is 9.78 Å². The minimum atomic E-state index is -0.0697. The summed E-state index contributed by atoms with van der Waals surface area (Å²) in [4.78, 5) is 17.7. The first-order valence-electron chi connectivity index (χ1n) is 10.6. The second kappa shape index (κ2) is 6.07. The fourth-order valence-corrected chi connectivity index (χ4v) is 6.53. The lowest BCUT2D eigenvalue weighted by atomic mass is 9.48. The molecule has 1 aliphatic heterocycles. The van der Waals surface area contributed by atoms with Crippen LogP contribution in [-0.4, -0.2) is 24.0 Å². The van der Waals surface area contributed by atoms with Crippen molar-refractivity contribution in [1.29, 1.82) is 0 Å². The van der Waals surface area contributed by atoms with Crippen LogP contribution >= 0.6 is 0 Å². The van der Waals surface area contributed by atoms with Crippen LogP contribution in [0.4, 0.5) is 0 Å². The minimum Gasteiger partial charge on any atom is -0.486 e. The van der Waals surface area contributed by atoms with Gasteiger partial charge in [-0.15, -0.1) is 0 Å². The molecule has 4 aliphatic carbocycles. The van der Waals surface area contributed by atoms with Crippen molar-refractivity contribution in [2.45, 2.75) is 38.5 Å². The Morgan fingerprint density at radius 1 is 0.964 bits per heavy atom. The highest BCUT2D eigenvalue weighted by Gasteiger charge is 2.53. The molecule has 0 atom stereocenters. The van der Waals surface area contributed by atoms with Crippen molar-refractivity contribution < 1.29 is 14.3 Å². The quantitative estimate of drug-likeness (QED) is 0.723. The van der Waals surface area contributed by atoms with Crippen LogP contribution in [0, 0.1) is 23.2 Å². The SMILES string of the molecule is O=C(C=Cc1cnc2cc3c(cc2c1)OCCO3)C12CC3CC(CC(C3)C1)C2. The van der Waals surface area contributed by atoms with Gasteiger partial charge >= 0.3 is 0 Å². The number of allylic oxidation sites excluding steroid dienone is 1. The third kappa shape index (κ3) is 2.65. The summed E-state index contributed by atoms with van der Waals surface area (Å²) in [5.41, 5.74) is 1.77. The number of ether oxygens (including phenoxy) is 2. The molecule has 2 aromatic rings. The lowest BCUT2D eigenvalue weighted by Gasteiger charge is -2.55. The number of carbonyl (C=O) groups excluding carboxylic acids is 1. The number of pyridine rings is 1. The minimum absolute atomic E-state index is 0.0697. The first-order valence-corrected chi connectivity index (χ1v) is 10.6. The van der Waals surface area contributed by atoms with Crippen LogP contribution in [-0.2, 0) is 4.79 Å². The molecule has 0 amide bonds. The fourth-order valence-electron chi connectivity index (χ4n) is 6.53. The van der Waals surface area contributed by atoms with Gasteiger partial charge in [0, 0.05) is 23.1 Å².